The van der Waals surface area contributed by atoms with Gasteiger partial charge in [-0.1, -0.05) is 17.7 Å². The molecular weight excluding hydrogens is 336 g/mol. The van der Waals surface area contributed by atoms with Crippen molar-refractivity contribution in [1.29, 1.82) is 0 Å². The molecule has 0 unspecified atom stereocenters. The molecule has 0 aliphatic carbocycles. The van der Waals surface area contributed by atoms with Crippen molar-refractivity contribution in [2.24, 2.45) is 0 Å². The second-order valence-corrected chi connectivity index (χ2v) is 6.61. The van der Waals surface area contributed by atoms with Gasteiger partial charge >= 0.3 is 0 Å². The normalized spacial score (nSPS) is 10.6. The highest BCUT2D eigenvalue weighted by atomic mass is 32.2. The Hall–Kier alpha value is -2.87. The van der Waals surface area contributed by atoms with E-state index in [0.717, 1.165) is 26.4 Å². The van der Waals surface area contributed by atoms with Crippen LogP contribution in [0.2, 0.25) is 0 Å². The number of thioether (sulfide) groups is 1. The lowest BCUT2D eigenvalue weighted by atomic mass is 10.1. The van der Waals surface area contributed by atoms with Crippen molar-refractivity contribution in [3.05, 3.63) is 69.9 Å². The van der Waals surface area contributed by atoms with Crippen molar-refractivity contribution >= 4 is 23.4 Å². The predicted molar refractivity (Wildman–Crippen MR) is 99.4 cm³/mol. The molecule has 0 atom stereocenters. The third kappa shape index (κ3) is 3.97. The molecule has 0 saturated carbocycles. The summed E-state index contributed by atoms with van der Waals surface area (Å²) in [7, 11) is 0. The zero-order chi connectivity index (χ0) is 17.8. The summed E-state index contributed by atoms with van der Waals surface area (Å²) in [5.74, 6) is 6.49. The summed E-state index contributed by atoms with van der Waals surface area (Å²) in [6, 6.07) is 9.67. The van der Waals surface area contributed by atoms with E-state index in [4.69, 9.17) is 5.84 Å². The van der Waals surface area contributed by atoms with Crippen LogP contribution in [0.4, 0.5) is 11.6 Å². The van der Waals surface area contributed by atoms with Crippen LogP contribution in [0.5, 0.6) is 0 Å². The fourth-order valence-electron chi connectivity index (χ4n) is 2.27. The number of nitrogens with two attached hydrogens (primary N) is 1. The summed E-state index contributed by atoms with van der Waals surface area (Å²) in [5.41, 5.74) is 2.95. The number of pyridine rings is 1. The van der Waals surface area contributed by atoms with Crippen LogP contribution in [0, 0.1) is 13.8 Å². The Kier molecular flexibility index (Phi) is 4.99. The van der Waals surface area contributed by atoms with Crippen LogP contribution in [-0.4, -0.2) is 19.9 Å². The Labute approximate surface area is 149 Å². The van der Waals surface area contributed by atoms with E-state index in [2.05, 4.69) is 20.5 Å². The van der Waals surface area contributed by atoms with E-state index in [1.165, 1.54) is 11.8 Å². The van der Waals surface area contributed by atoms with E-state index < -0.39 is 0 Å². The minimum atomic E-state index is -0.371. The highest BCUT2D eigenvalue weighted by Crippen LogP contribution is 2.21. The highest BCUT2D eigenvalue weighted by Gasteiger charge is 2.11. The summed E-state index contributed by atoms with van der Waals surface area (Å²) in [6.45, 7) is 3.99. The molecular formula is C17H18N6OS. The maximum absolute atomic E-state index is 12.4. The molecule has 3 N–H and O–H groups in total. The number of nitrogens with one attached hydrogen (secondary N) is 1. The summed E-state index contributed by atoms with van der Waals surface area (Å²) in [6.07, 6.45) is 3.40. The predicted octanol–water partition coefficient (Wildman–Crippen LogP) is 2.40. The molecule has 2 aromatic heterocycles. The van der Waals surface area contributed by atoms with Crippen molar-refractivity contribution in [3.8, 4) is 0 Å². The molecule has 0 aliphatic rings. The van der Waals surface area contributed by atoms with Crippen LogP contribution in [0.15, 0.2) is 52.4 Å². The molecule has 2 heterocycles. The smallest absolute Gasteiger partial charge is 0.296 e. The van der Waals surface area contributed by atoms with Crippen LogP contribution in [-0.2, 0) is 5.75 Å². The Morgan fingerprint density at radius 1 is 1.16 bits per heavy atom. The SMILES string of the molecule is Cc1ccc(Nc2nnc(CSc3ccncc3)c(=O)n2N)c(C)c1. The number of anilines is 2. The van der Waals surface area contributed by atoms with Gasteiger partial charge in [-0.05, 0) is 37.6 Å². The third-order valence-electron chi connectivity index (χ3n) is 3.61. The quantitative estimate of drug-likeness (QED) is 0.536. The standard InChI is InChI=1S/C17H18N6OS/c1-11-3-4-14(12(2)9-11)20-17-22-21-15(16(24)23(17)18)10-25-13-5-7-19-8-6-13/h3-9H,10,18H2,1-2H3,(H,20,22). The molecule has 7 nitrogen and oxygen atoms in total. The molecule has 0 bridgehead atoms. The van der Waals surface area contributed by atoms with Gasteiger partial charge in [0.05, 0.1) is 0 Å². The van der Waals surface area contributed by atoms with Gasteiger partial charge in [0, 0.05) is 28.7 Å². The van der Waals surface area contributed by atoms with Crippen molar-refractivity contribution < 1.29 is 0 Å². The monoisotopic (exact) mass is 354 g/mol. The van der Waals surface area contributed by atoms with Gasteiger partial charge in [0.15, 0.2) is 0 Å². The lowest BCUT2D eigenvalue weighted by Crippen LogP contribution is -2.33. The molecule has 0 fully saturated rings. The second kappa shape index (κ2) is 7.35. The van der Waals surface area contributed by atoms with Crippen LogP contribution < -0.4 is 16.7 Å². The zero-order valence-electron chi connectivity index (χ0n) is 13.9. The number of aromatic nitrogens is 4. The molecule has 0 aliphatic heterocycles. The molecule has 0 radical (unpaired) electrons. The van der Waals surface area contributed by atoms with Crippen LogP contribution in [0.3, 0.4) is 0 Å². The summed E-state index contributed by atoms with van der Waals surface area (Å²) in [4.78, 5) is 17.4. The first kappa shape index (κ1) is 17.0. The Morgan fingerprint density at radius 2 is 1.92 bits per heavy atom. The molecule has 1 aromatic carbocycles. The lowest BCUT2D eigenvalue weighted by molar-refractivity contribution is 0.803. The van der Waals surface area contributed by atoms with Gasteiger partial charge in [0.1, 0.15) is 5.69 Å². The van der Waals surface area contributed by atoms with Crippen LogP contribution >= 0.6 is 11.8 Å². The number of nitrogen functional groups attached to an aromatic ring is 1. The first-order chi connectivity index (χ1) is 12.0. The van der Waals surface area contributed by atoms with Gasteiger partial charge in [-0.3, -0.25) is 9.78 Å². The van der Waals surface area contributed by atoms with Crippen molar-refractivity contribution in [3.63, 3.8) is 0 Å². The first-order valence-electron chi connectivity index (χ1n) is 7.65. The Morgan fingerprint density at radius 3 is 2.64 bits per heavy atom. The molecule has 3 aromatic rings. The number of hydrogen-bond donors (Lipinski definition) is 2. The highest BCUT2D eigenvalue weighted by molar-refractivity contribution is 7.98. The van der Waals surface area contributed by atoms with Gasteiger partial charge in [-0.2, -0.15) is 4.68 Å². The number of aryl methyl sites for hydroxylation is 2. The Bertz CT molecular complexity index is 942. The average molecular weight is 354 g/mol. The topological polar surface area (TPSA) is 98.7 Å². The fraction of sp³-hybridized carbons (Fsp3) is 0.176. The molecule has 0 saturated heterocycles. The fourth-order valence-corrected chi connectivity index (χ4v) is 3.07. The summed E-state index contributed by atoms with van der Waals surface area (Å²) >= 11 is 1.48. The number of hydrogen-bond acceptors (Lipinski definition) is 7. The first-order valence-corrected chi connectivity index (χ1v) is 8.64. The van der Waals surface area contributed by atoms with Gasteiger partial charge in [-0.25, -0.2) is 0 Å². The molecule has 8 heteroatoms. The van der Waals surface area contributed by atoms with E-state index in [1.807, 2.05) is 44.2 Å². The molecule has 128 valence electrons. The third-order valence-corrected chi connectivity index (χ3v) is 4.64. The second-order valence-electron chi connectivity index (χ2n) is 5.56. The largest absolute Gasteiger partial charge is 0.333 e. The van der Waals surface area contributed by atoms with Crippen molar-refractivity contribution in [2.45, 2.75) is 24.5 Å². The molecule has 0 amide bonds. The Balaban J connectivity index is 1.79. The maximum atomic E-state index is 12.4. The van der Waals surface area contributed by atoms with Crippen LogP contribution in [0.25, 0.3) is 0 Å². The maximum Gasteiger partial charge on any atom is 0.296 e. The summed E-state index contributed by atoms with van der Waals surface area (Å²) < 4.78 is 0.995. The molecule has 3 rings (SSSR count). The number of rotatable bonds is 5. The van der Waals surface area contributed by atoms with Crippen molar-refractivity contribution in [1.82, 2.24) is 19.9 Å². The van der Waals surface area contributed by atoms with E-state index in [0.29, 0.717) is 11.4 Å². The van der Waals surface area contributed by atoms with Gasteiger partial charge < -0.3 is 11.2 Å². The minimum absolute atomic E-state index is 0.203. The molecule has 0 spiro atoms. The van der Waals surface area contributed by atoms with Crippen LogP contribution in [0.1, 0.15) is 16.8 Å². The van der Waals surface area contributed by atoms with Gasteiger partial charge in [0.25, 0.3) is 5.56 Å². The van der Waals surface area contributed by atoms with E-state index in [1.54, 1.807) is 12.4 Å². The minimum Gasteiger partial charge on any atom is -0.333 e. The number of benzene rings is 1. The molecule has 25 heavy (non-hydrogen) atoms. The van der Waals surface area contributed by atoms with Gasteiger partial charge in [-0.15, -0.1) is 22.0 Å². The van der Waals surface area contributed by atoms with Gasteiger partial charge in [0.2, 0.25) is 5.95 Å². The summed E-state index contributed by atoms with van der Waals surface area (Å²) in [5, 5.41) is 11.2. The average Bonchev–Trinajstić information content (AvgIpc) is 2.61. The van der Waals surface area contributed by atoms with E-state index in [-0.39, 0.29) is 11.5 Å². The van der Waals surface area contributed by atoms with E-state index >= 15 is 0 Å². The zero-order valence-corrected chi connectivity index (χ0v) is 14.7. The van der Waals surface area contributed by atoms with Crippen molar-refractivity contribution in [2.75, 3.05) is 11.2 Å². The lowest BCUT2D eigenvalue weighted by Gasteiger charge is -2.12. The number of nitrogens with zero attached hydrogens (tertiary/aromatic N) is 4. The van der Waals surface area contributed by atoms with E-state index in [9.17, 15) is 4.79 Å².